The normalized spacial score (nSPS) is 18.4. The second-order valence-corrected chi connectivity index (χ2v) is 9.25. The van der Waals surface area contributed by atoms with Crippen molar-refractivity contribution in [3.8, 4) is 0 Å². The number of nitrogens with zero attached hydrogens (tertiary/aromatic N) is 3. The highest BCUT2D eigenvalue weighted by Crippen LogP contribution is 2.28. The van der Waals surface area contributed by atoms with Gasteiger partial charge in [0.25, 0.3) is 0 Å². The van der Waals surface area contributed by atoms with Gasteiger partial charge in [-0.1, -0.05) is 24.3 Å². The van der Waals surface area contributed by atoms with Gasteiger partial charge in [0.2, 0.25) is 0 Å². The molecule has 1 N–H and O–H groups in total. The Morgan fingerprint density at radius 3 is 2.97 bits per heavy atom. The number of aromatic nitrogens is 2. The maximum absolute atomic E-state index is 13.2. The third kappa shape index (κ3) is 3.89. The van der Waals surface area contributed by atoms with Gasteiger partial charge in [0.15, 0.2) is 0 Å². The zero-order chi connectivity index (χ0) is 20.5. The molecule has 3 aromatic rings. The number of benzene rings is 1. The molecular formula is C24H25FN4S. The average Bonchev–Trinajstić information content (AvgIpc) is 3.06. The summed E-state index contributed by atoms with van der Waals surface area (Å²) in [6.07, 6.45) is 7.01. The number of hydrogen-bond donors (Lipinski definition) is 1. The Hall–Kier alpha value is -2.57. The molecule has 1 aromatic carbocycles. The van der Waals surface area contributed by atoms with Gasteiger partial charge in [0, 0.05) is 43.2 Å². The molecule has 3 heterocycles. The fourth-order valence-electron chi connectivity index (χ4n) is 4.40. The van der Waals surface area contributed by atoms with E-state index in [0.29, 0.717) is 6.04 Å². The molecule has 1 fully saturated rings. The van der Waals surface area contributed by atoms with Crippen LogP contribution in [0.1, 0.15) is 27.6 Å². The predicted octanol–water partition coefficient (Wildman–Crippen LogP) is 2.39. The van der Waals surface area contributed by atoms with Crippen molar-refractivity contribution >= 4 is 23.1 Å². The monoisotopic (exact) mass is 420 g/mol. The first-order valence-corrected chi connectivity index (χ1v) is 11.3. The molecule has 1 aliphatic heterocycles. The summed E-state index contributed by atoms with van der Waals surface area (Å²) in [5, 5.41) is 7.00. The number of hydrogen-bond acceptors (Lipinski definition) is 5. The Bertz CT molecular complexity index is 1170. The van der Waals surface area contributed by atoms with Gasteiger partial charge in [-0.25, -0.2) is 9.37 Å². The van der Waals surface area contributed by atoms with Gasteiger partial charge in [0.1, 0.15) is 11.5 Å². The Balaban J connectivity index is 1.44. The minimum Gasteiger partial charge on any atom is -0.365 e. The molecule has 5 rings (SSSR count). The smallest absolute Gasteiger partial charge is 0.123 e. The van der Waals surface area contributed by atoms with Gasteiger partial charge in [-0.3, -0.25) is 4.98 Å². The number of thiazole rings is 1. The molecule has 0 spiro atoms. The van der Waals surface area contributed by atoms with Crippen molar-refractivity contribution in [1.82, 2.24) is 20.2 Å². The lowest BCUT2D eigenvalue weighted by atomic mass is 10.0. The van der Waals surface area contributed by atoms with E-state index in [0.717, 1.165) is 54.9 Å². The summed E-state index contributed by atoms with van der Waals surface area (Å²) < 4.78 is 13.2. The maximum atomic E-state index is 13.2. The lowest BCUT2D eigenvalue weighted by molar-refractivity contribution is 0.267. The van der Waals surface area contributed by atoms with E-state index in [4.69, 9.17) is 9.97 Å². The highest BCUT2D eigenvalue weighted by Gasteiger charge is 2.27. The minimum atomic E-state index is -0.178. The first kappa shape index (κ1) is 19.4. The van der Waals surface area contributed by atoms with Gasteiger partial charge < -0.3 is 10.2 Å². The van der Waals surface area contributed by atoms with Crippen LogP contribution in [0.5, 0.6) is 0 Å². The fraction of sp³-hybridized carbons (Fsp3) is 0.333. The van der Waals surface area contributed by atoms with E-state index >= 15 is 0 Å². The standard InChI is InChI=1S/C24H25FN4S/c1-16-28-23-21(30-16)11-7-18-3-2-12-27-22(18)24(23)29-14-13-26-20(15-29)10-6-17-4-8-19(25)9-5-17/h2-5,7-9,12,20,26H,6,10-11,13-15H2,1H3. The number of rotatable bonds is 4. The zero-order valence-electron chi connectivity index (χ0n) is 17.1. The van der Waals surface area contributed by atoms with E-state index in [1.165, 1.54) is 21.4 Å². The van der Waals surface area contributed by atoms with Crippen LogP contribution in [0.25, 0.3) is 11.8 Å². The molecule has 30 heavy (non-hydrogen) atoms. The summed E-state index contributed by atoms with van der Waals surface area (Å²) in [5.41, 5.74) is 3.45. The molecule has 1 unspecified atom stereocenters. The van der Waals surface area contributed by atoms with Gasteiger partial charge >= 0.3 is 0 Å². The van der Waals surface area contributed by atoms with E-state index in [1.54, 1.807) is 23.5 Å². The Morgan fingerprint density at radius 2 is 2.10 bits per heavy atom. The number of fused-ring (bicyclic) bond motifs is 2. The third-order valence-corrected chi connectivity index (χ3v) is 6.86. The van der Waals surface area contributed by atoms with E-state index < -0.39 is 0 Å². The molecule has 6 heteroatoms. The molecule has 154 valence electrons. The van der Waals surface area contributed by atoms with Gasteiger partial charge in [-0.2, -0.15) is 0 Å². The summed E-state index contributed by atoms with van der Waals surface area (Å²) in [5.74, 6) is -0.178. The van der Waals surface area contributed by atoms with Crippen LogP contribution in [0.3, 0.4) is 0 Å². The quantitative estimate of drug-likeness (QED) is 0.704. The fourth-order valence-corrected chi connectivity index (χ4v) is 5.30. The topological polar surface area (TPSA) is 41.1 Å². The SMILES string of the molecule is Cc1nc2c(s1)CC=c1cccnc1=C2N1CCNC(CCc2ccc(F)cc2)C1. The van der Waals surface area contributed by atoms with Gasteiger partial charge in [0.05, 0.1) is 16.1 Å². The number of aryl methyl sites for hydroxylation is 2. The van der Waals surface area contributed by atoms with Crippen LogP contribution in [0.4, 0.5) is 4.39 Å². The van der Waals surface area contributed by atoms with Crippen molar-refractivity contribution in [3.05, 3.63) is 80.1 Å². The third-order valence-electron chi connectivity index (χ3n) is 5.87. The van der Waals surface area contributed by atoms with Crippen LogP contribution in [0, 0.1) is 12.7 Å². The average molecular weight is 421 g/mol. The van der Waals surface area contributed by atoms with Crippen LogP contribution in [0.15, 0.2) is 42.6 Å². The Labute approximate surface area is 179 Å². The zero-order valence-corrected chi connectivity index (χ0v) is 17.9. The number of piperazine rings is 1. The van der Waals surface area contributed by atoms with Gasteiger partial charge in [-0.05, 0) is 48.7 Å². The van der Waals surface area contributed by atoms with E-state index in [9.17, 15) is 4.39 Å². The largest absolute Gasteiger partial charge is 0.365 e. The lowest BCUT2D eigenvalue weighted by Gasteiger charge is -2.36. The van der Waals surface area contributed by atoms with Crippen molar-refractivity contribution in [2.75, 3.05) is 19.6 Å². The number of halogens is 1. The summed E-state index contributed by atoms with van der Waals surface area (Å²) in [7, 11) is 0. The maximum Gasteiger partial charge on any atom is 0.123 e. The molecule has 0 bridgehead atoms. The predicted molar refractivity (Wildman–Crippen MR) is 119 cm³/mol. The summed E-state index contributed by atoms with van der Waals surface area (Å²) >= 11 is 1.79. The molecule has 1 saturated heterocycles. The van der Waals surface area contributed by atoms with Crippen LogP contribution in [-0.2, 0) is 12.8 Å². The molecule has 4 nitrogen and oxygen atoms in total. The van der Waals surface area contributed by atoms with E-state index in [1.807, 2.05) is 24.4 Å². The molecule has 2 aromatic heterocycles. The number of pyridine rings is 1. The summed E-state index contributed by atoms with van der Waals surface area (Å²) in [6.45, 7) is 4.87. The lowest BCUT2D eigenvalue weighted by Crippen LogP contribution is -2.52. The first-order chi connectivity index (χ1) is 14.7. The van der Waals surface area contributed by atoms with Crippen molar-refractivity contribution in [3.63, 3.8) is 0 Å². The second-order valence-electron chi connectivity index (χ2n) is 7.96. The molecule has 0 saturated carbocycles. The van der Waals surface area contributed by atoms with Gasteiger partial charge in [-0.15, -0.1) is 11.3 Å². The first-order valence-electron chi connectivity index (χ1n) is 10.5. The molecule has 0 amide bonds. The minimum absolute atomic E-state index is 0.178. The molecule has 0 radical (unpaired) electrons. The molecule has 2 aliphatic rings. The van der Waals surface area contributed by atoms with Crippen molar-refractivity contribution in [2.45, 2.75) is 32.2 Å². The Kier molecular flexibility index (Phi) is 5.35. The van der Waals surface area contributed by atoms with Crippen LogP contribution in [-0.4, -0.2) is 40.5 Å². The molecular weight excluding hydrogens is 395 g/mol. The Morgan fingerprint density at radius 1 is 1.23 bits per heavy atom. The molecule has 1 aliphatic carbocycles. The molecule has 1 atom stereocenters. The van der Waals surface area contributed by atoms with Crippen molar-refractivity contribution in [2.24, 2.45) is 0 Å². The van der Waals surface area contributed by atoms with Crippen LogP contribution in [0.2, 0.25) is 0 Å². The van der Waals surface area contributed by atoms with Crippen LogP contribution < -0.4 is 15.9 Å². The summed E-state index contributed by atoms with van der Waals surface area (Å²) in [4.78, 5) is 13.5. The van der Waals surface area contributed by atoms with Crippen molar-refractivity contribution in [1.29, 1.82) is 0 Å². The highest BCUT2D eigenvalue weighted by atomic mass is 32.1. The van der Waals surface area contributed by atoms with Crippen LogP contribution >= 0.6 is 11.3 Å². The van der Waals surface area contributed by atoms with E-state index in [-0.39, 0.29) is 5.82 Å². The second kappa shape index (κ2) is 8.28. The van der Waals surface area contributed by atoms with E-state index in [2.05, 4.69) is 29.3 Å². The number of nitrogens with one attached hydrogen (secondary N) is 1. The summed E-state index contributed by atoms with van der Waals surface area (Å²) in [6, 6.07) is 11.4. The highest BCUT2D eigenvalue weighted by molar-refractivity contribution is 7.11. The van der Waals surface area contributed by atoms with Crippen molar-refractivity contribution < 1.29 is 4.39 Å².